The highest BCUT2D eigenvalue weighted by Crippen LogP contribution is 2.31. The highest BCUT2D eigenvalue weighted by Gasteiger charge is 2.31. The van der Waals surface area contributed by atoms with Crippen molar-refractivity contribution in [1.82, 2.24) is 4.68 Å². The van der Waals surface area contributed by atoms with Crippen LogP contribution in [0.25, 0.3) is 11.3 Å². The number of aromatic nitrogens is 1. The van der Waals surface area contributed by atoms with E-state index in [2.05, 4.69) is 0 Å². The fourth-order valence-electron chi connectivity index (χ4n) is 3.29. The molecule has 148 valence electrons. The summed E-state index contributed by atoms with van der Waals surface area (Å²) in [5.41, 5.74) is 3.81. The summed E-state index contributed by atoms with van der Waals surface area (Å²) in [6.45, 7) is 4.04. The molecule has 29 heavy (non-hydrogen) atoms. The van der Waals surface area contributed by atoms with Gasteiger partial charge in [0, 0.05) is 29.6 Å². The normalized spacial score (nSPS) is 15.5. The van der Waals surface area contributed by atoms with Crippen LogP contribution >= 0.6 is 11.3 Å². The number of rotatable bonds is 4. The standard InChI is InChI=1S/C22H22N4O2S/c1-14(2)23-22-26(18(13-29-22)15-9-6-8-12-19(15)28-4)24-20-16-10-5-7-11-17(16)25(3)21(20)27/h5-14H,1-4H3. The quantitative estimate of drug-likeness (QED) is 0.662. The van der Waals surface area contributed by atoms with Crippen LogP contribution in [0.4, 0.5) is 5.69 Å². The van der Waals surface area contributed by atoms with Crippen molar-refractivity contribution in [3.63, 3.8) is 0 Å². The van der Waals surface area contributed by atoms with Gasteiger partial charge in [-0.25, -0.2) is 4.68 Å². The van der Waals surface area contributed by atoms with E-state index in [1.807, 2.05) is 67.8 Å². The number of carbonyl (C=O) groups excluding carboxylic acids is 1. The second-order valence-corrected chi connectivity index (χ2v) is 7.80. The average molecular weight is 407 g/mol. The number of likely N-dealkylation sites (N-methyl/N-ethyl adjacent to an activating group) is 1. The molecular formula is C22H22N4O2S. The fraction of sp³-hybridized carbons (Fsp3) is 0.227. The summed E-state index contributed by atoms with van der Waals surface area (Å²) in [5.74, 6) is 0.608. The van der Waals surface area contributed by atoms with Crippen LogP contribution in [0, 0.1) is 0 Å². The summed E-state index contributed by atoms with van der Waals surface area (Å²) in [6, 6.07) is 15.6. The molecule has 0 saturated heterocycles. The Labute approximate surface area is 173 Å². The molecule has 6 nitrogen and oxygen atoms in total. The maximum Gasteiger partial charge on any atom is 0.279 e. The van der Waals surface area contributed by atoms with Gasteiger partial charge in [-0.2, -0.15) is 5.10 Å². The van der Waals surface area contributed by atoms with E-state index in [0.29, 0.717) is 5.71 Å². The maximum absolute atomic E-state index is 12.9. The molecule has 0 aliphatic carbocycles. The van der Waals surface area contributed by atoms with Gasteiger partial charge in [-0.15, -0.1) is 11.3 Å². The summed E-state index contributed by atoms with van der Waals surface area (Å²) >= 11 is 1.49. The highest BCUT2D eigenvalue weighted by atomic mass is 32.1. The van der Waals surface area contributed by atoms with Gasteiger partial charge in [-0.05, 0) is 32.0 Å². The van der Waals surface area contributed by atoms with E-state index in [-0.39, 0.29) is 11.9 Å². The predicted molar refractivity (Wildman–Crippen MR) is 117 cm³/mol. The molecule has 1 aliphatic heterocycles. The van der Waals surface area contributed by atoms with Crippen LogP contribution in [0.5, 0.6) is 5.75 Å². The summed E-state index contributed by atoms with van der Waals surface area (Å²) < 4.78 is 7.30. The van der Waals surface area contributed by atoms with Gasteiger partial charge in [0.25, 0.3) is 5.91 Å². The molecule has 0 bridgehead atoms. The predicted octanol–water partition coefficient (Wildman–Crippen LogP) is 3.76. The Morgan fingerprint density at radius 1 is 1.03 bits per heavy atom. The van der Waals surface area contributed by atoms with E-state index in [9.17, 15) is 4.79 Å². The van der Waals surface area contributed by atoms with E-state index in [0.717, 1.165) is 33.1 Å². The molecule has 1 aliphatic rings. The number of hydrogen-bond donors (Lipinski definition) is 0. The van der Waals surface area contributed by atoms with Crippen molar-refractivity contribution >= 4 is 28.6 Å². The minimum atomic E-state index is -0.133. The van der Waals surface area contributed by atoms with Crippen molar-refractivity contribution in [2.75, 3.05) is 19.1 Å². The van der Waals surface area contributed by atoms with Crippen molar-refractivity contribution in [2.45, 2.75) is 19.9 Å². The maximum atomic E-state index is 12.9. The van der Waals surface area contributed by atoms with E-state index < -0.39 is 0 Å². The first kappa shape index (κ1) is 19.1. The lowest BCUT2D eigenvalue weighted by Gasteiger charge is -2.10. The first-order valence-corrected chi connectivity index (χ1v) is 10.2. The summed E-state index contributed by atoms with van der Waals surface area (Å²) in [6.07, 6.45) is 0. The van der Waals surface area contributed by atoms with Gasteiger partial charge in [0.2, 0.25) is 4.80 Å². The van der Waals surface area contributed by atoms with Gasteiger partial charge in [-0.1, -0.05) is 30.3 Å². The molecule has 1 aromatic heterocycles. The highest BCUT2D eigenvalue weighted by molar-refractivity contribution is 7.07. The number of methoxy groups -OCH3 is 1. The van der Waals surface area contributed by atoms with Gasteiger partial charge in [-0.3, -0.25) is 9.79 Å². The van der Waals surface area contributed by atoms with Crippen molar-refractivity contribution in [2.24, 2.45) is 10.1 Å². The van der Waals surface area contributed by atoms with Crippen molar-refractivity contribution < 1.29 is 9.53 Å². The van der Waals surface area contributed by atoms with Gasteiger partial charge in [0.05, 0.1) is 18.5 Å². The number of ether oxygens (including phenoxy) is 1. The Kier molecular flexibility index (Phi) is 5.07. The molecule has 4 rings (SSSR count). The number of thiazole rings is 1. The molecule has 7 heteroatoms. The molecule has 0 N–H and O–H groups in total. The Morgan fingerprint density at radius 3 is 2.45 bits per heavy atom. The first-order valence-electron chi connectivity index (χ1n) is 9.35. The zero-order chi connectivity index (χ0) is 20.5. The van der Waals surface area contributed by atoms with Crippen LogP contribution in [0.15, 0.2) is 64.0 Å². The lowest BCUT2D eigenvalue weighted by Crippen LogP contribution is -2.27. The van der Waals surface area contributed by atoms with Gasteiger partial charge in [0.1, 0.15) is 5.75 Å². The second kappa shape index (κ2) is 7.67. The molecule has 0 radical (unpaired) electrons. The summed E-state index contributed by atoms with van der Waals surface area (Å²) in [4.78, 5) is 20.0. The van der Waals surface area contributed by atoms with Crippen LogP contribution in [0.3, 0.4) is 0 Å². The number of anilines is 1. The molecule has 0 saturated carbocycles. The van der Waals surface area contributed by atoms with E-state index >= 15 is 0 Å². The molecule has 0 atom stereocenters. The first-order chi connectivity index (χ1) is 14.0. The Balaban J connectivity index is 1.98. The third-order valence-electron chi connectivity index (χ3n) is 4.66. The summed E-state index contributed by atoms with van der Waals surface area (Å²) in [5, 5.41) is 6.80. The van der Waals surface area contributed by atoms with Crippen molar-refractivity contribution in [3.8, 4) is 17.0 Å². The topological polar surface area (TPSA) is 59.2 Å². The SMILES string of the molecule is COc1ccccc1-c1csc(=NC(C)C)n1N=C1C(=O)N(C)c2ccccc21. The average Bonchev–Trinajstić information content (AvgIpc) is 3.22. The number of amides is 1. The fourth-order valence-corrected chi connectivity index (χ4v) is 4.25. The molecule has 1 amide bonds. The molecule has 2 aromatic carbocycles. The summed E-state index contributed by atoms with van der Waals surface area (Å²) in [7, 11) is 3.41. The van der Waals surface area contributed by atoms with E-state index in [4.69, 9.17) is 14.8 Å². The van der Waals surface area contributed by atoms with Crippen LogP contribution in [-0.4, -0.2) is 36.5 Å². The monoisotopic (exact) mass is 406 g/mol. The van der Waals surface area contributed by atoms with E-state index in [1.165, 1.54) is 11.3 Å². The molecule has 0 unspecified atom stereocenters. The molecule has 0 fully saturated rings. The number of para-hydroxylation sites is 2. The molecule has 2 heterocycles. The van der Waals surface area contributed by atoms with Crippen LogP contribution in [0.1, 0.15) is 19.4 Å². The van der Waals surface area contributed by atoms with E-state index in [1.54, 1.807) is 23.7 Å². The van der Waals surface area contributed by atoms with Gasteiger partial charge in [0.15, 0.2) is 5.71 Å². The van der Waals surface area contributed by atoms with Gasteiger partial charge >= 0.3 is 0 Å². The Morgan fingerprint density at radius 2 is 1.72 bits per heavy atom. The van der Waals surface area contributed by atoms with Crippen LogP contribution in [0.2, 0.25) is 0 Å². The number of nitrogens with zero attached hydrogens (tertiary/aromatic N) is 4. The third-order valence-corrected chi connectivity index (χ3v) is 5.49. The number of carbonyl (C=O) groups is 1. The smallest absolute Gasteiger partial charge is 0.279 e. The minimum absolute atomic E-state index is 0.0971. The largest absolute Gasteiger partial charge is 0.496 e. The third kappa shape index (κ3) is 3.38. The van der Waals surface area contributed by atoms with Crippen molar-refractivity contribution in [1.29, 1.82) is 0 Å². The number of hydrogen-bond acceptors (Lipinski definition) is 5. The Hall–Kier alpha value is -3.19. The molecule has 3 aromatic rings. The zero-order valence-electron chi connectivity index (χ0n) is 16.8. The molecular weight excluding hydrogens is 384 g/mol. The van der Waals surface area contributed by atoms with Gasteiger partial charge < -0.3 is 9.64 Å². The number of benzene rings is 2. The van der Waals surface area contributed by atoms with Crippen molar-refractivity contribution in [3.05, 3.63) is 64.3 Å². The van der Waals surface area contributed by atoms with Crippen LogP contribution in [-0.2, 0) is 4.79 Å². The lowest BCUT2D eigenvalue weighted by molar-refractivity contribution is -0.112. The lowest BCUT2D eigenvalue weighted by atomic mass is 10.1. The molecule has 0 spiro atoms. The minimum Gasteiger partial charge on any atom is -0.496 e. The zero-order valence-corrected chi connectivity index (χ0v) is 17.6. The Bertz CT molecular complexity index is 1170. The second-order valence-electron chi connectivity index (χ2n) is 6.97. The number of fused-ring (bicyclic) bond motifs is 1. The van der Waals surface area contributed by atoms with Crippen LogP contribution < -0.4 is 14.4 Å².